The maximum absolute atomic E-state index is 5.86. The van der Waals surface area contributed by atoms with E-state index in [9.17, 15) is 0 Å². The Morgan fingerprint density at radius 3 is 3.15 bits per heavy atom. The Labute approximate surface area is 123 Å². The summed E-state index contributed by atoms with van der Waals surface area (Å²) in [6.45, 7) is 7.65. The highest BCUT2D eigenvalue weighted by Gasteiger charge is 2.23. The van der Waals surface area contributed by atoms with Crippen molar-refractivity contribution in [3.63, 3.8) is 0 Å². The van der Waals surface area contributed by atoms with Gasteiger partial charge in [0.05, 0.1) is 13.2 Å². The number of thiophene rings is 1. The molecule has 1 unspecified atom stereocenters. The predicted molar refractivity (Wildman–Crippen MR) is 78.8 cm³/mol. The third-order valence-electron chi connectivity index (χ3n) is 3.45. The van der Waals surface area contributed by atoms with Crippen LogP contribution in [0.15, 0.2) is 17.5 Å². The van der Waals surface area contributed by atoms with E-state index < -0.39 is 0 Å². The molecular weight excluding hydrogens is 272 g/mol. The number of aromatic nitrogens is 3. The van der Waals surface area contributed by atoms with E-state index in [1.165, 1.54) is 4.88 Å². The van der Waals surface area contributed by atoms with Gasteiger partial charge in [-0.05, 0) is 11.4 Å². The van der Waals surface area contributed by atoms with Crippen LogP contribution < -0.4 is 0 Å². The molecule has 3 rings (SSSR count). The average Bonchev–Trinajstić information content (AvgIpc) is 3.10. The molecule has 2 aromatic rings. The van der Waals surface area contributed by atoms with E-state index in [2.05, 4.69) is 51.4 Å². The number of rotatable bonds is 4. The molecular formula is C14H20N4OS. The zero-order valence-corrected chi connectivity index (χ0v) is 12.7. The topological polar surface area (TPSA) is 54.0 Å². The summed E-state index contributed by atoms with van der Waals surface area (Å²) < 4.78 is 5.86. The SMILES string of the molecule is CC(C)c1n[nH]c(CN2CCOC(c3cccs3)C2)n1. The van der Waals surface area contributed by atoms with Crippen LogP contribution in [0.25, 0.3) is 0 Å². The van der Waals surface area contributed by atoms with Crippen molar-refractivity contribution in [2.24, 2.45) is 0 Å². The predicted octanol–water partition coefficient (Wildman–Crippen LogP) is 2.56. The number of nitrogens with zero attached hydrogens (tertiary/aromatic N) is 3. The Kier molecular flexibility index (Phi) is 4.14. The van der Waals surface area contributed by atoms with Gasteiger partial charge >= 0.3 is 0 Å². The summed E-state index contributed by atoms with van der Waals surface area (Å²) in [6, 6.07) is 4.22. The Balaban J connectivity index is 1.62. The van der Waals surface area contributed by atoms with E-state index in [0.717, 1.165) is 37.9 Å². The minimum absolute atomic E-state index is 0.191. The van der Waals surface area contributed by atoms with Gasteiger partial charge in [0.2, 0.25) is 0 Å². The van der Waals surface area contributed by atoms with E-state index in [0.29, 0.717) is 5.92 Å². The lowest BCUT2D eigenvalue weighted by Crippen LogP contribution is -2.37. The molecule has 0 aliphatic carbocycles. The molecule has 0 radical (unpaired) electrons. The third-order valence-corrected chi connectivity index (χ3v) is 4.41. The summed E-state index contributed by atoms with van der Waals surface area (Å²) in [5, 5.41) is 9.40. The van der Waals surface area contributed by atoms with Gasteiger partial charge in [0.25, 0.3) is 0 Å². The van der Waals surface area contributed by atoms with Gasteiger partial charge in [0.1, 0.15) is 11.9 Å². The zero-order valence-electron chi connectivity index (χ0n) is 11.9. The Morgan fingerprint density at radius 2 is 2.45 bits per heavy atom. The van der Waals surface area contributed by atoms with Crippen LogP contribution in [0.3, 0.4) is 0 Å². The largest absolute Gasteiger partial charge is 0.370 e. The molecule has 1 aliphatic heterocycles. The maximum atomic E-state index is 5.86. The van der Waals surface area contributed by atoms with Crippen molar-refractivity contribution < 1.29 is 4.74 Å². The van der Waals surface area contributed by atoms with Gasteiger partial charge in [0.15, 0.2) is 5.82 Å². The first-order chi connectivity index (χ1) is 9.72. The van der Waals surface area contributed by atoms with Gasteiger partial charge in [-0.25, -0.2) is 4.98 Å². The van der Waals surface area contributed by atoms with E-state index in [1.807, 2.05) is 0 Å². The number of aromatic amines is 1. The van der Waals surface area contributed by atoms with E-state index in [1.54, 1.807) is 11.3 Å². The van der Waals surface area contributed by atoms with Gasteiger partial charge in [-0.15, -0.1) is 11.3 Å². The number of hydrogen-bond donors (Lipinski definition) is 1. The lowest BCUT2D eigenvalue weighted by Gasteiger charge is -2.31. The Morgan fingerprint density at radius 1 is 1.55 bits per heavy atom. The molecule has 0 aromatic carbocycles. The number of nitrogens with one attached hydrogen (secondary N) is 1. The molecule has 6 heteroatoms. The fourth-order valence-electron chi connectivity index (χ4n) is 2.34. The fourth-order valence-corrected chi connectivity index (χ4v) is 3.11. The fraction of sp³-hybridized carbons (Fsp3) is 0.571. The van der Waals surface area contributed by atoms with Gasteiger partial charge < -0.3 is 4.74 Å². The average molecular weight is 292 g/mol. The molecule has 1 saturated heterocycles. The molecule has 1 N–H and O–H groups in total. The highest BCUT2D eigenvalue weighted by atomic mass is 32.1. The van der Waals surface area contributed by atoms with Crippen molar-refractivity contribution in [2.45, 2.75) is 32.4 Å². The molecule has 1 atom stereocenters. The molecule has 1 aliphatic rings. The molecule has 3 heterocycles. The lowest BCUT2D eigenvalue weighted by molar-refractivity contribution is -0.0318. The third kappa shape index (κ3) is 3.08. The minimum Gasteiger partial charge on any atom is -0.370 e. The Bertz CT molecular complexity index is 537. The van der Waals surface area contributed by atoms with Crippen molar-refractivity contribution in [2.75, 3.05) is 19.7 Å². The van der Waals surface area contributed by atoms with Crippen LogP contribution >= 0.6 is 11.3 Å². The summed E-state index contributed by atoms with van der Waals surface area (Å²) >= 11 is 1.76. The first-order valence-corrected chi connectivity index (χ1v) is 7.89. The van der Waals surface area contributed by atoms with Gasteiger partial charge in [-0.3, -0.25) is 10.00 Å². The van der Waals surface area contributed by atoms with Crippen molar-refractivity contribution in [3.05, 3.63) is 34.0 Å². The normalized spacial score (nSPS) is 20.6. The van der Waals surface area contributed by atoms with Crippen molar-refractivity contribution >= 4 is 11.3 Å². The summed E-state index contributed by atoms with van der Waals surface area (Å²) in [5.74, 6) is 2.20. The first-order valence-electron chi connectivity index (χ1n) is 7.01. The van der Waals surface area contributed by atoms with E-state index >= 15 is 0 Å². The minimum atomic E-state index is 0.191. The number of hydrogen-bond acceptors (Lipinski definition) is 5. The highest BCUT2D eigenvalue weighted by molar-refractivity contribution is 7.10. The number of H-pyrrole nitrogens is 1. The first kappa shape index (κ1) is 13.7. The summed E-state index contributed by atoms with van der Waals surface area (Å²) in [4.78, 5) is 8.22. The molecule has 5 nitrogen and oxygen atoms in total. The van der Waals surface area contributed by atoms with Crippen LogP contribution in [0, 0.1) is 0 Å². The zero-order chi connectivity index (χ0) is 13.9. The molecule has 2 aromatic heterocycles. The number of morpholine rings is 1. The van der Waals surface area contributed by atoms with E-state index in [4.69, 9.17) is 4.74 Å². The van der Waals surface area contributed by atoms with Crippen LogP contribution in [0.1, 0.15) is 42.4 Å². The van der Waals surface area contributed by atoms with Gasteiger partial charge in [-0.1, -0.05) is 19.9 Å². The maximum Gasteiger partial charge on any atom is 0.153 e. The van der Waals surface area contributed by atoms with Crippen molar-refractivity contribution in [3.8, 4) is 0 Å². The van der Waals surface area contributed by atoms with Crippen LogP contribution in [-0.4, -0.2) is 39.8 Å². The Hall–Kier alpha value is -1.24. The number of ether oxygens (including phenoxy) is 1. The van der Waals surface area contributed by atoms with Crippen LogP contribution in [0.5, 0.6) is 0 Å². The molecule has 0 amide bonds. The monoisotopic (exact) mass is 292 g/mol. The second-order valence-corrected chi connectivity index (χ2v) is 6.38. The lowest BCUT2D eigenvalue weighted by atomic mass is 10.2. The van der Waals surface area contributed by atoms with Crippen LogP contribution in [0.4, 0.5) is 0 Å². The van der Waals surface area contributed by atoms with Gasteiger partial charge in [-0.2, -0.15) is 5.10 Å². The smallest absolute Gasteiger partial charge is 0.153 e. The highest BCUT2D eigenvalue weighted by Crippen LogP contribution is 2.26. The van der Waals surface area contributed by atoms with Crippen LogP contribution in [-0.2, 0) is 11.3 Å². The van der Waals surface area contributed by atoms with E-state index in [-0.39, 0.29) is 6.10 Å². The second-order valence-electron chi connectivity index (χ2n) is 5.40. The summed E-state index contributed by atoms with van der Waals surface area (Å²) in [7, 11) is 0. The molecule has 0 saturated carbocycles. The molecule has 0 spiro atoms. The molecule has 20 heavy (non-hydrogen) atoms. The van der Waals surface area contributed by atoms with Crippen LogP contribution in [0.2, 0.25) is 0 Å². The van der Waals surface area contributed by atoms with Crippen molar-refractivity contribution in [1.29, 1.82) is 0 Å². The second kappa shape index (κ2) is 6.03. The molecule has 1 fully saturated rings. The molecule has 0 bridgehead atoms. The summed E-state index contributed by atoms with van der Waals surface area (Å²) in [6.07, 6.45) is 0.191. The molecule has 108 valence electrons. The summed E-state index contributed by atoms with van der Waals surface area (Å²) in [5.41, 5.74) is 0. The standard InChI is InChI=1S/C14H20N4OS/c1-10(2)14-15-13(16-17-14)9-18-5-6-19-11(8-18)12-4-3-7-20-12/h3-4,7,10-11H,5-6,8-9H2,1-2H3,(H,15,16,17). The van der Waals surface area contributed by atoms with Gasteiger partial charge in [0, 0.05) is 23.9 Å². The quantitative estimate of drug-likeness (QED) is 0.941. The van der Waals surface area contributed by atoms with Crippen molar-refractivity contribution in [1.82, 2.24) is 20.1 Å².